The summed E-state index contributed by atoms with van der Waals surface area (Å²) < 4.78 is 24.5. The average molecular weight is 372 g/mol. The van der Waals surface area contributed by atoms with Gasteiger partial charge in [-0.25, -0.2) is 9.18 Å². The zero-order valence-electron chi connectivity index (χ0n) is 13.2. The quantitative estimate of drug-likeness (QED) is 0.542. The molecule has 2 aromatic carbocycles. The van der Waals surface area contributed by atoms with E-state index in [4.69, 9.17) is 20.5 Å². The smallest absolute Gasteiger partial charge is 0.388 e. The molecule has 0 amide bonds. The molecule has 0 bridgehead atoms. The van der Waals surface area contributed by atoms with Crippen LogP contribution in [0.1, 0.15) is 5.76 Å². The van der Waals surface area contributed by atoms with Crippen LogP contribution in [-0.2, 0) is 6.54 Å². The summed E-state index contributed by atoms with van der Waals surface area (Å²) in [7, 11) is 0. The third kappa shape index (κ3) is 3.29. The summed E-state index contributed by atoms with van der Waals surface area (Å²) in [5.74, 6) is -0.482. The minimum atomic E-state index is -0.645. The molecule has 0 saturated heterocycles. The van der Waals surface area contributed by atoms with Crippen LogP contribution in [0.2, 0.25) is 5.02 Å². The number of halogens is 2. The highest BCUT2D eigenvalue weighted by molar-refractivity contribution is 6.30. The average Bonchev–Trinajstić information content (AvgIpc) is 3.24. The van der Waals surface area contributed by atoms with E-state index in [1.165, 1.54) is 24.3 Å². The van der Waals surface area contributed by atoms with Gasteiger partial charge in [-0.2, -0.15) is 4.68 Å². The lowest BCUT2D eigenvalue weighted by atomic mass is 10.1. The van der Waals surface area contributed by atoms with Gasteiger partial charge in [0.15, 0.2) is 5.76 Å². The normalized spacial score (nSPS) is 11.0. The Labute approximate surface area is 151 Å². The molecule has 0 N–H and O–H groups in total. The Morgan fingerprint density at radius 3 is 2.46 bits per heavy atom. The number of rotatable bonds is 4. The van der Waals surface area contributed by atoms with Gasteiger partial charge >= 0.3 is 5.76 Å². The van der Waals surface area contributed by atoms with E-state index < -0.39 is 5.76 Å². The van der Waals surface area contributed by atoms with Gasteiger partial charge in [0, 0.05) is 22.2 Å². The number of benzene rings is 2. The van der Waals surface area contributed by atoms with Gasteiger partial charge < -0.3 is 8.94 Å². The van der Waals surface area contributed by atoms with Crippen molar-refractivity contribution in [3.63, 3.8) is 0 Å². The Balaban J connectivity index is 1.57. The molecule has 0 aliphatic carbocycles. The van der Waals surface area contributed by atoms with E-state index >= 15 is 0 Å². The molecule has 0 atom stereocenters. The summed E-state index contributed by atoms with van der Waals surface area (Å²) in [6, 6.07) is 14.4. The van der Waals surface area contributed by atoms with Crippen molar-refractivity contribution in [2.24, 2.45) is 0 Å². The van der Waals surface area contributed by atoms with E-state index in [1.807, 2.05) is 12.1 Å². The largest absolute Gasteiger partial charge is 0.437 e. The number of aromatic nitrogens is 3. The second kappa shape index (κ2) is 6.61. The van der Waals surface area contributed by atoms with Crippen molar-refractivity contribution in [2.45, 2.75) is 6.54 Å². The molecule has 4 rings (SSSR count). The predicted octanol–water partition coefficient (Wildman–Crippen LogP) is 4.00. The summed E-state index contributed by atoms with van der Waals surface area (Å²) >= 11 is 5.87. The Morgan fingerprint density at radius 1 is 1.04 bits per heavy atom. The van der Waals surface area contributed by atoms with Gasteiger partial charge in [0.1, 0.15) is 18.1 Å². The molecule has 2 aromatic heterocycles. The van der Waals surface area contributed by atoms with Crippen LogP contribution in [0.5, 0.6) is 0 Å². The van der Waals surface area contributed by atoms with Crippen molar-refractivity contribution >= 4 is 11.6 Å². The van der Waals surface area contributed by atoms with Crippen LogP contribution >= 0.6 is 11.6 Å². The Hall–Kier alpha value is -3.19. The fourth-order valence-corrected chi connectivity index (χ4v) is 2.53. The molecule has 0 unspecified atom stereocenters. The summed E-state index contributed by atoms with van der Waals surface area (Å²) in [5.41, 5.74) is 1.96. The van der Waals surface area contributed by atoms with Crippen LogP contribution in [0.3, 0.4) is 0 Å². The number of hydrogen-bond donors (Lipinski definition) is 0. The molecule has 8 heteroatoms. The first-order valence-corrected chi connectivity index (χ1v) is 8.02. The second-order valence-electron chi connectivity index (χ2n) is 5.52. The molecular weight excluding hydrogens is 361 g/mol. The van der Waals surface area contributed by atoms with E-state index in [2.05, 4.69) is 10.3 Å². The highest BCUT2D eigenvalue weighted by Crippen LogP contribution is 2.22. The SMILES string of the molecule is O=c1oc(-c2ccc(F)cc2)nn1Cc1cc(-c2ccc(Cl)cc2)no1. The first-order chi connectivity index (χ1) is 12.6. The molecule has 0 spiro atoms. The van der Waals surface area contributed by atoms with Crippen LogP contribution in [0.4, 0.5) is 4.39 Å². The van der Waals surface area contributed by atoms with E-state index in [0.717, 1.165) is 10.2 Å². The second-order valence-corrected chi connectivity index (χ2v) is 5.96. The molecule has 26 heavy (non-hydrogen) atoms. The monoisotopic (exact) mass is 371 g/mol. The predicted molar refractivity (Wildman–Crippen MR) is 92.2 cm³/mol. The minimum absolute atomic E-state index is 0.0596. The molecule has 0 fully saturated rings. The summed E-state index contributed by atoms with van der Waals surface area (Å²) in [6.45, 7) is 0.0596. The molecule has 4 aromatic rings. The van der Waals surface area contributed by atoms with E-state index in [0.29, 0.717) is 22.0 Å². The zero-order chi connectivity index (χ0) is 18.1. The maximum atomic E-state index is 13.0. The molecular formula is C18H11ClFN3O3. The number of hydrogen-bond acceptors (Lipinski definition) is 5. The molecule has 0 saturated carbocycles. The van der Waals surface area contributed by atoms with Gasteiger partial charge in [-0.1, -0.05) is 28.9 Å². The van der Waals surface area contributed by atoms with Gasteiger partial charge in [-0.15, -0.1) is 5.10 Å². The maximum Gasteiger partial charge on any atom is 0.437 e. The van der Waals surface area contributed by atoms with Crippen molar-refractivity contribution in [3.05, 3.63) is 81.7 Å². The third-order valence-electron chi connectivity index (χ3n) is 3.70. The van der Waals surface area contributed by atoms with Crippen molar-refractivity contribution in [1.29, 1.82) is 0 Å². The lowest BCUT2D eigenvalue weighted by molar-refractivity contribution is 0.367. The maximum absolute atomic E-state index is 13.0. The molecule has 0 aliphatic heterocycles. The summed E-state index contributed by atoms with van der Waals surface area (Å²) in [5, 5.41) is 8.72. The van der Waals surface area contributed by atoms with Crippen LogP contribution < -0.4 is 5.76 Å². The molecule has 2 heterocycles. The standard InChI is InChI=1S/C18H11ClFN3O3/c19-13-5-1-11(2-6-13)16-9-15(26-22-16)10-23-18(24)25-17(21-23)12-3-7-14(20)8-4-12/h1-9H,10H2. The Kier molecular flexibility index (Phi) is 4.14. The van der Waals surface area contributed by atoms with Crippen LogP contribution in [0.15, 0.2) is 68.3 Å². The molecule has 0 aliphatic rings. The fraction of sp³-hybridized carbons (Fsp3) is 0.0556. The van der Waals surface area contributed by atoms with E-state index in [-0.39, 0.29) is 18.3 Å². The fourth-order valence-electron chi connectivity index (χ4n) is 2.41. The van der Waals surface area contributed by atoms with Gasteiger partial charge in [-0.3, -0.25) is 0 Å². The lowest BCUT2D eigenvalue weighted by Crippen LogP contribution is -2.16. The highest BCUT2D eigenvalue weighted by atomic mass is 35.5. The van der Waals surface area contributed by atoms with Crippen molar-refractivity contribution in [1.82, 2.24) is 14.9 Å². The topological polar surface area (TPSA) is 74.1 Å². The van der Waals surface area contributed by atoms with Gasteiger partial charge in [-0.05, 0) is 36.4 Å². The summed E-state index contributed by atoms with van der Waals surface area (Å²) in [4.78, 5) is 12.0. The zero-order valence-corrected chi connectivity index (χ0v) is 14.0. The lowest BCUT2D eigenvalue weighted by Gasteiger charge is -1.94. The highest BCUT2D eigenvalue weighted by Gasteiger charge is 2.14. The molecule has 130 valence electrons. The van der Waals surface area contributed by atoms with Crippen LogP contribution in [0, 0.1) is 5.82 Å². The number of nitrogens with zero attached hydrogens (tertiary/aromatic N) is 3. The first-order valence-electron chi connectivity index (χ1n) is 7.64. The van der Waals surface area contributed by atoms with Crippen LogP contribution in [0.25, 0.3) is 22.7 Å². The van der Waals surface area contributed by atoms with Gasteiger partial charge in [0.05, 0.1) is 0 Å². The first kappa shape index (κ1) is 16.3. The minimum Gasteiger partial charge on any atom is -0.388 e. The van der Waals surface area contributed by atoms with Crippen molar-refractivity contribution < 1.29 is 13.3 Å². The van der Waals surface area contributed by atoms with Crippen LogP contribution in [-0.4, -0.2) is 14.9 Å². The Morgan fingerprint density at radius 2 is 1.73 bits per heavy atom. The van der Waals surface area contributed by atoms with Crippen molar-refractivity contribution in [2.75, 3.05) is 0 Å². The van der Waals surface area contributed by atoms with Crippen molar-refractivity contribution in [3.8, 4) is 22.7 Å². The summed E-state index contributed by atoms with van der Waals surface area (Å²) in [6.07, 6.45) is 0. The third-order valence-corrected chi connectivity index (χ3v) is 3.95. The Bertz CT molecular complexity index is 1100. The van der Waals surface area contributed by atoms with E-state index in [1.54, 1.807) is 18.2 Å². The van der Waals surface area contributed by atoms with Gasteiger partial charge in [0.2, 0.25) is 5.89 Å². The van der Waals surface area contributed by atoms with E-state index in [9.17, 15) is 9.18 Å². The molecule has 0 radical (unpaired) electrons. The molecule has 6 nitrogen and oxygen atoms in total. The van der Waals surface area contributed by atoms with Gasteiger partial charge in [0.25, 0.3) is 0 Å².